The lowest BCUT2D eigenvalue weighted by Crippen LogP contribution is -2.20. The molecule has 0 radical (unpaired) electrons. The molecule has 0 fully saturated rings. The molecule has 0 aliphatic carbocycles. The molecule has 0 aromatic heterocycles. The van der Waals surface area contributed by atoms with E-state index >= 15 is 0 Å². The first kappa shape index (κ1) is 15.3. The Kier molecular flexibility index (Phi) is 8.56. The molecule has 0 saturated carbocycles. The third-order valence-corrected chi connectivity index (χ3v) is 1.55. The Morgan fingerprint density at radius 1 is 0.923 bits per heavy atom. The lowest BCUT2D eigenvalue weighted by Gasteiger charge is -2.16. The van der Waals surface area contributed by atoms with Crippen molar-refractivity contribution in [2.45, 2.75) is 39.9 Å². The maximum absolute atomic E-state index is 8.43. The van der Waals surface area contributed by atoms with Crippen molar-refractivity contribution in [3.63, 3.8) is 0 Å². The third kappa shape index (κ3) is 11.8. The quantitative estimate of drug-likeness (QED) is 0.499. The van der Waals surface area contributed by atoms with Crippen LogP contribution in [0.2, 0.25) is 0 Å². The highest BCUT2D eigenvalue weighted by Gasteiger charge is 2.13. The summed E-state index contributed by atoms with van der Waals surface area (Å²) in [7, 11) is 0. The zero-order valence-corrected chi connectivity index (χ0v) is 8.86. The highest BCUT2D eigenvalue weighted by Crippen LogP contribution is 2.10. The van der Waals surface area contributed by atoms with E-state index in [1.165, 1.54) is 0 Å². The van der Waals surface area contributed by atoms with Gasteiger partial charge in [0.1, 0.15) is 0 Å². The summed E-state index contributed by atoms with van der Waals surface area (Å²) < 4.78 is 0. The summed E-state index contributed by atoms with van der Waals surface area (Å²) in [6.07, 6.45) is -1.19. The molecule has 0 heterocycles. The number of rotatable bonds is 3. The zero-order chi connectivity index (χ0) is 11.1. The van der Waals surface area contributed by atoms with E-state index in [0.29, 0.717) is 0 Å². The molecule has 0 amide bonds. The highest BCUT2D eigenvalue weighted by atomic mass is 16.3. The number of hydrogen-bond acceptors (Lipinski definition) is 4. The van der Waals surface area contributed by atoms with Crippen molar-refractivity contribution in [2.24, 2.45) is 5.41 Å². The second-order valence-electron chi connectivity index (χ2n) is 3.96. The van der Waals surface area contributed by atoms with Crippen LogP contribution < -0.4 is 0 Å². The Bertz CT molecular complexity index is 98.2. The van der Waals surface area contributed by atoms with Gasteiger partial charge in [-0.25, -0.2) is 0 Å². The van der Waals surface area contributed by atoms with Crippen LogP contribution in [0.25, 0.3) is 0 Å². The summed E-state index contributed by atoms with van der Waals surface area (Å²) in [6, 6.07) is 0. The van der Waals surface area contributed by atoms with Crippen LogP contribution >= 0.6 is 0 Å². The smallest absolute Gasteiger partial charge is 0.0768 e. The Morgan fingerprint density at radius 2 is 1.15 bits per heavy atom. The van der Waals surface area contributed by atoms with Gasteiger partial charge in [-0.15, -0.1) is 0 Å². The molecular weight excluding hydrogens is 172 g/mol. The summed E-state index contributed by atoms with van der Waals surface area (Å²) in [5.41, 5.74) is -0.306. The molecular formula is C9H22O4. The molecule has 2 unspecified atom stereocenters. The van der Waals surface area contributed by atoms with Crippen molar-refractivity contribution in [3.8, 4) is 0 Å². The van der Waals surface area contributed by atoms with Gasteiger partial charge >= 0.3 is 0 Å². The van der Waals surface area contributed by atoms with Crippen molar-refractivity contribution in [1.82, 2.24) is 0 Å². The fourth-order valence-electron chi connectivity index (χ4n) is 0.0500. The van der Waals surface area contributed by atoms with Crippen molar-refractivity contribution >= 4 is 0 Å². The second-order valence-corrected chi connectivity index (χ2v) is 3.96. The monoisotopic (exact) mass is 194 g/mol. The van der Waals surface area contributed by atoms with Gasteiger partial charge < -0.3 is 20.4 Å². The second kappa shape index (κ2) is 7.26. The molecule has 0 aromatic rings. The largest absolute Gasteiger partial charge is 0.396 e. The maximum atomic E-state index is 8.43. The van der Waals surface area contributed by atoms with Gasteiger partial charge in [0.05, 0.1) is 25.4 Å². The maximum Gasteiger partial charge on any atom is 0.0768 e. The lowest BCUT2D eigenvalue weighted by atomic mass is 9.97. The van der Waals surface area contributed by atoms with E-state index in [-0.39, 0.29) is 18.6 Å². The number of aliphatic hydroxyl groups excluding tert-OH is 4. The first-order valence-corrected chi connectivity index (χ1v) is 4.34. The van der Waals surface area contributed by atoms with Crippen LogP contribution in [0.3, 0.4) is 0 Å². The van der Waals surface area contributed by atoms with Crippen LogP contribution in [-0.2, 0) is 0 Å². The molecule has 0 bridgehead atoms. The molecule has 82 valence electrons. The van der Waals surface area contributed by atoms with E-state index in [2.05, 4.69) is 0 Å². The molecule has 4 N–H and O–H groups in total. The van der Waals surface area contributed by atoms with Crippen LogP contribution in [0.15, 0.2) is 0 Å². The molecule has 4 heteroatoms. The number of hydrogen-bond donors (Lipinski definition) is 4. The lowest BCUT2D eigenvalue weighted by molar-refractivity contribution is 0.0438. The van der Waals surface area contributed by atoms with Crippen molar-refractivity contribution in [2.75, 3.05) is 13.2 Å². The molecule has 4 nitrogen and oxygen atoms in total. The Labute approximate surface area is 79.8 Å². The Hall–Kier alpha value is -0.160. The van der Waals surface area contributed by atoms with Crippen molar-refractivity contribution in [3.05, 3.63) is 0 Å². The van der Waals surface area contributed by atoms with Crippen molar-refractivity contribution in [1.29, 1.82) is 0 Å². The highest BCUT2D eigenvalue weighted by molar-refractivity contribution is 4.62. The molecule has 0 spiro atoms. The topological polar surface area (TPSA) is 80.9 Å². The van der Waals surface area contributed by atoms with Gasteiger partial charge in [0.15, 0.2) is 0 Å². The number of aliphatic hydroxyl groups is 4. The van der Waals surface area contributed by atoms with Gasteiger partial charge in [-0.3, -0.25) is 0 Å². The third-order valence-electron chi connectivity index (χ3n) is 1.55. The van der Waals surface area contributed by atoms with E-state index in [4.69, 9.17) is 20.4 Å². The molecule has 0 aromatic carbocycles. The first-order valence-electron chi connectivity index (χ1n) is 4.34. The standard InChI is InChI=1S/C5H12O2.C4H10O2/c1-5(2,3-6)4-7;1-3(5)4(2)6/h6-7H,3-4H2,1-2H3;3-6H,1-2H3. The minimum atomic E-state index is -0.593. The van der Waals surface area contributed by atoms with E-state index in [1.807, 2.05) is 0 Å². The predicted octanol–water partition coefficient (Wildman–Crippen LogP) is -0.255. The van der Waals surface area contributed by atoms with Crippen LogP contribution in [0, 0.1) is 5.41 Å². The molecule has 0 rings (SSSR count). The summed E-state index contributed by atoms with van der Waals surface area (Å²) in [5.74, 6) is 0. The van der Waals surface area contributed by atoms with E-state index in [0.717, 1.165) is 0 Å². The summed E-state index contributed by atoms with van der Waals surface area (Å²) in [6.45, 7) is 6.78. The normalized spacial score (nSPS) is 15.7. The molecule has 0 aliphatic rings. The van der Waals surface area contributed by atoms with Gasteiger partial charge in [0.25, 0.3) is 0 Å². The summed E-state index contributed by atoms with van der Waals surface area (Å²) >= 11 is 0. The van der Waals surface area contributed by atoms with Crippen LogP contribution in [-0.4, -0.2) is 45.8 Å². The zero-order valence-electron chi connectivity index (χ0n) is 8.86. The van der Waals surface area contributed by atoms with E-state index < -0.39 is 12.2 Å². The van der Waals surface area contributed by atoms with Gasteiger partial charge in [0, 0.05) is 5.41 Å². The summed E-state index contributed by atoms with van der Waals surface area (Å²) in [5, 5.41) is 33.6. The molecule has 2 atom stereocenters. The fraction of sp³-hybridized carbons (Fsp3) is 1.00. The van der Waals surface area contributed by atoms with Gasteiger partial charge in [0.2, 0.25) is 0 Å². The first-order chi connectivity index (χ1) is 5.76. The van der Waals surface area contributed by atoms with Crippen molar-refractivity contribution < 1.29 is 20.4 Å². The van der Waals surface area contributed by atoms with E-state index in [9.17, 15) is 0 Å². The Morgan fingerprint density at radius 3 is 1.15 bits per heavy atom. The average molecular weight is 194 g/mol. The van der Waals surface area contributed by atoms with Crippen LogP contribution in [0.5, 0.6) is 0 Å². The van der Waals surface area contributed by atoms with E-state index in [1.54, 1.807) is 27.7 Å². The molecule has 13 heavy (non-hydrogen) atoms. The van der Waals surface area contributed by atoms with Gasteiger partial charge in [-0.2, -0.15) is 0 Å². The average Bonchev–Trinajstić information content (AvgIpc) is 2.05. The van der Waals surface area contributed by atoms with Crippen LogP contribution in [0.4, 0.5) is 0 Å². The molecule has 0 saturated heterocycles. The minimum absolute atomic E-state index is 0.0451. The summed E-state index contributed by atoms with van der Waals surface area (Å²) in [4.78, 5) is 0. The Balaban J connectivity index is 0. The SMILES string of the molecule is CC(C)(CO)CO.CC(O)C(C)O. The predicted molar refractivity (Wildman–Crippen MR) is 51.3 cm³/mol. The molecule has 0 aliphatic heterocycles. The minimum Gasteiger partial charge on any atom is -0.396 e. The van der Waals surface area contributed by atoms with Crippen LogP contribution in [0.1, 0.15) is 27.7 Å². The van der Waals surface area contributed by atoms with Gasteiger partial charge in [-0.1, -0.05) is 13.8 Å². The van der Waals surface area contributed by atoms with Gasteiger partial charge in [-0.05, 0) is 13.8 Å². The fourth-order valence-corrected chi connectivity index (χ4v) is 0.0500.